The average Bonchev–Trinajstić information content (AvgIpc) is 2.50. The first-order valence-corrected chi connectivity index (χ1v) is 9.37. The monoisotopic (exact) mass is 330 g/mol. The van der Waals surface area contributed by atoms with Crippen LogP contribution >= 0.6 is 0 Å². The van der Waals surface area contributed by atoms with Gasteiger partial charge in [0.25, 0.3) is 5.91 Å². The van der Waals surface area contributed by atoms with Crippen LogP contribution in [0.2, 0.25) is 0 Å². The maximum Gasteiger partial charge on any atom is 0.251 e. The zero-order chi connectivity index (χ0) is 17.7. The van der Waals surface area contributed by atoms with Crippen LogP contribution in [0.15, 0.2) is 24.3 Å². The van der Waals surface area contributed by atoms with Crippen LogP contribution in [-0.4, -0.2) is 37.0 Å². The fraction of sp³-hybridized carbons (Fsp3) is 0.667. The fourth-order valence-corrected chi connectivity index (χ4v) is 3.70. The van der Waals surface area contributed by atoms with Gasteiger partial charge in [0.1, 0.15) is 0 Å². The lowest BCUT2D eigenvalue weighted by Gasteiger charge is -2.34. The molecule has 24 heavy (non-hydrogen) atoms. The summed E-state index contributed by atoms with van der Waals surface area (Å²) < 4.78 is 0. The largest absolute Gasteiger partial charge is 0.352 e. The summed E-state index contributed by atoms with van der Waals surface area (Å²) in [6.07, 6.45) is 2.36. The smallest absolute Gasteiger partial charge is 0.251 e. The molecule has 0 aromatic heterocycles. The quantitative estimate of drug-likeness (QED) is 0.825. The predicted octanol–water partition coefficient (Wildman–Crippen LogP) is 4.08. The molecule has 0 spiro atoms. The van der Waals surface area contributed by atoms with Crippen molar-refractivity contribution in [3.8, 4) is 0 Å². The molecule has 2 rings (SSSR count). The molecule has 3 heteroatoms. The van der Waals surface area contributed by atoms with E-state index in [0.29, 0.717) is 0 Å². The van der Waals surface area contributed by atoms with Crippen LogP contribution < -0.4 is 5.32 Å². The number of hydrogen-bond donors (Lipinski definition) is 1. The molecule has 1 amide bonds. The molecule has 1 saturated heterocycles. The molecule has 3 nitrogen and oxygen atoms in total. The van der Waals surface area contributed by atoms with Gasteiger partial charge in [-0.1, -0.05) is 46.8 Å². The van der Waals surface area contributed by atoms with Crippen molar-refractivity contribution in [3.63, 3.8) is 0 Å². The van der Waals surface area contributed by atoms with Gasteiger partial charge in [-0.2, -0.15) is 0 Å². The highest BCUT2D eigenvalue weighted by atomic mass is 16.1. The molecular weight excluding hydrogens is 296 g/mol. The molecule has 1 aliphatic rings. The molecule has 0 aliphatic carbocycles. The molecule has 2 atom stereocenters. The lowest BCUT2D eigenvalue weighted by molar-refractivity contribution is 0.0947. The van der Waals surface area contributed by atoms with E-state index in [0.717, 1.165) is 36.9 Å². The van der Waals surface area contributed by atoms with Crippen molar-refractivity contribution in [2.24, 2.45) is 11.8 Å². The Morgan fingerprint density at radius 2 is 1.71 bits per heavy atom. The number of likely N-dealkylation sites (tertiary alicyclic amines) is 1. The number of hydrogen-bond acceptors (Lipinski definition) is 2. The highest BCUT2D eigenvalue weighted by Gasteiger charge is 2.21. The first-order chi connectivity index (χ1) is 11.3. The topological polar surface area (TPSA) is 32.3 Å². The second-order valence-corrected chi connectivity index (χ2v) is 8.64. The Balaban J connectivity index is 1.73. The maximum atomic E-state index is 12.2. The average molecular weight is 331 g/mol. The molecule has 0 saturated carbocycles. The number of benzene rings is 1. The number of nitrogens with zero attached hydrogens (tertiary/aromatic N) is 1. The SMILES string of the molecule is C[C@@H]1C[C@@H](C)CN(CCCNC(=O)c2ccc(C(C)(C)C)cc2)C1. The van der Waals surface area contributed by atoms with Crippen LogP contribution in [0.5, 0.6) is 0 Å². The minimum atomic E-state index is 0.0378. The summed E-state index contributed by atoms with van der Waals surface area (Å²) in [6.45, 7) is 15.5. The molecule has 1 heterocycles. The van der Waals surface area contributed by atoms with Crippen molar-refractivity contribution < 1.29 is 4.79 Å². The Morgan fingerprint density at radius 3 is 2.25 bits per heavy atom. The standard InChI is InChI=1S/C21H34N2O/c1-16-13-17(2)15-23(14-16)12-6-11-22-20(24)18-7-9-19(10-8-18)21(3,4)5/h7-10,16-17H,6,11-15H2,1-5H3,(H,22,24)/t16-,17-/m1/s1. The van der Waals surface area contributed by atoms with Crippen LogP contribution in [-0.2, 0) is 5.41 Å². The summed E-state index contributed by atoms with van der Waals surface area (Å²) in [7, 11) is 0. The van der Waals surface area contributed by atoms with E-state index in [2.05, 4.69) is 57.0 Å². The summed E-state index contributed by atoms with van der Waals surface area (Å²) >= 11 is 0. The first kappa shape index (κ1) is 19.0. The Bertz CT molecular complexity index is 520. The molecule has 1 fully saturated rings. The zero-order valence-corrected chi connectivity index (χ0v) is 16.1. The fourth-order valence-electron chi connectivity index (χ4n) is 3.70. The van der Waals surface area contributed by atoms with Crippen LogP contribution in [0.1, 0.15) is 63.4 Å². The third-order valence-corrected chi connectivity index (χ3v) is 4.89. The van der Waals surface area contributed by atoms with E-state index in [1.807, 2.05) is 12.1 Å². The minimum Gasteiger partial charge on any atom is -0.352 e. The zero-order valence-electron chi connectivity index (χ0n) is 16.1. The van der Waals surface area contributed by atoms with Crippen molar-refractivity contribution in [1.82, 2.24) is 10.2 Å². The first-order valence-electron chi connectivity index (χ1n) is 9.37. The molecule has 1 N–H and O–H groups in total. The Labute approximate surface area is 147 Å². The highest BCUT2D eigenvalue weighted by Crippen LogP contribution is 2.22. The molecule has 1 aliphatic heterocycles. The lowest BCUT2D eigenvalue weighted by atomic mass is 9.87. The van der Waals surface area contributed by atoms with Crippen molar-refractivity contribution in [2.45, 2.75) is 52.9 Å². The van der Waals surface area contributed by atoms with Gasteiger partial charge in [-0.3, -0.25) is 4.79 Å². The lowest BCUT2D eigenvalue weighted by Crippen LogP contribution is -2.40. The Morgan fingerprint density at radius 1 is 1.12 bits per heavy atom. The van der Waals surface area contributed by atoms with E-state index in [9.17, 15) is 4.79 Å². The number of carbonyl (C=O) groups excluding carboxylic acids is 1. The van der Waals surface area contributed by atoms with Gasteiger partial charge in [0.2, 0.25) is 0 Å². The van der Waals surface area contributed by atoms with Gasteiger partial charge >= 0.3 is 0 Å². The van der Waals surface area contributed by atoms with Crippen molar-refractivity contribution in [2.75, 3.05) is 26.2 Å². The minimum absolute atomic E-state index is 0.0378. The Kier molecular flexibility index (Phi) is 6.45. The molecule has 1 aromatic carbocycles. The predicted molar refractivity (Wildman–Crippen MR) is 101 cm³/mol. The van der Waals surface area contributed by atoms with Crippen molar-refractivity contribution in [1.29, 1.82) is 0 Å². The third-order valence-electron chi connectivity index (χ3n) is 4.89. The molecule has 0 radical (unpaired) electrons. The number of nitrogens with one attached hydrogen (secondary N) is 1. The van der Waals surface area contributed by atoms with Crippen LogP contribution in [0.3, 0.4) is 0 Å². The summed E-state index contributed by atoms with van der Waals surface area (Å²) in [4.78, 5) is 14.8. The normalized spacial score (nSPS) is 22.4. The molecular formula is C21H34N2O. The Hall–Kier alpha value is -1.35. The summed E-state index contributed by atoms with van der Waals surface area (Å²) in [6, 6.07) is 7.99. The molecule has 1 aromatic rings. The van der Waals surface area contributed by atoms with Gasteiger partial charge in [-0.25, -0.2) is 0 Å². The van der Waals surface area contributed by atoms with Crippen LogP contribution in [0.25, 0.3) is 0 Å². The van der Waals surface area contributed by atoms with E-state index in [1.165, 1.54) is 25.1 Å². The number of piperidine rings is 1. The van der Waals surface area contributed by atoms with E-state index < -0.39 is 0 Å². The summed E-state index contributed by atoms with van der Waals surface area (Å²) in [5, 5.41) is 3.05. The second kappa shape index (κ2) is 8.15. The molecule has 134 valence electrons. The summed E-state index contributed by atoms with van der Waals surface area (Å²) in [5.41, 5.74) is 2.13. The van der Waals surface area contributed by atoms with Crippen molar-refractivity contribution >= 4 is 5.91 Å². The van der Waals surface area contributed by atoms with E-state index in [1.54, 1.807) is 0 Å². The van der Waals surface area contributed by atoms with Gasteiger partial charge < -0.3 is 10.2 Å². The number of amides is 1. The third kappa shape index (κ3) is 5.62. The van der Waals surface area contributed by atoms with E-state index >= 15 is 0 Å². The second-order valence-electron chi connectivity index (χ2n) is 8.64. The van der Waals surface area contributed by atoms with Gasteiger partial charge in [-0.05, 0) is 54.3 Å². The van der Waals surface area contributed by atoms with Gasteiger partial charge in [-0.15, -0.1) is 0 Å². The summed E-state index contributed by atoms with van der Waals surface area (Å²) in [5.74, 6) is 1.63. The van der Waals surface area contributed by atoms with Gasteiger partial charge in [0, 0.05) is 25.2 Å². The number of rotatable bonds is 5. The van der Waals surface area contributed by atoms with Crippen LogP contribution in [0, 0.1) is 11.8 Å². The molecule has 0 bridgehead atoms. The van der Waals surface area contributed by atoms with Gasteiger partial charge in [0.05, 0.1) is 0 Å². The highest BCUT2D eigenvalue weighted by molar-refractivity contribution is 5.94. The van der Waals surface area contributed by atoms with Gasteiger partial charge in [0.15, 0.2) is 0 Å². The maximum absolute atomic E-state index is 12.2. The van der Waals surface area contributed by atoms with Crippen molar-refractivity contribution in [3.05, 3.63) is 35.4 Å². The van der Waals surface area contributed by atoms with Crippen LogP contribution in [0.4, 0.5) is 0 Å². The van der Waals surface area contributed by atoms with E-state index in [-0.39, 0.29) is 11.3 Å². The number of carbonyl (C=O) groups is 1. The van der Waals surface area contributed by atoms with E-state index in [4.69, 9.17) is 0 Å². The molecule has 0 unspecified atom stereocenters.